The minimum Gasteiger partial charge on any atom is -0.368 e. The number of halogens is 1. The molecule has 6 nitrogen and oxygen atoms in total. The molecule has 3 heterocycles. The molecule has 0 atom stereocenters. The van der Waals surface area contributed by atoms with E-state index in [1.807, 2.05) is 30.6 Å². The summed E-state index contributed by atoms with van der Waals surface area (Å²) >= 11 is 3.31. The van der Waals surface area contributed by atoms with Crippen molar-refractivity contribution in [3.05, 3.63) is 57.6 Å². The Labute approximate surface area is 190 Å². The van der Waals surface area contributed by atoms with Gasteiger partial charge in [0.15, 0.2) is 11.6 Å². The molecule has 160 valence electrons. The second kappa shape index (κ2) is 8.63. The van der Waals surface area contributed by atoms with Crippen LogP contribution in [0.2, 0.25) is 0 Å². The van der Waals surface area contributed by atoms with Gasteiger partial charge in [-0.2, -0.15) is 0 Å². The van der Waals surface area contributed by atoms with Gasteiger partial charge in [-0.1, -0.05) is 6.07 Å². The minimum atomic E-state index is 0.105. The number of anilines is 1. The third-order valence-corrected chi connectivity index (χ3v) is 6.96. The Hall–Kier alpha value is -2.38. The van der Waals surface area contributed by atoms with Gasteiger partial charge in [0.1, 0.15) is 5.69 Å². The molecule has 2 aliphatic carbocycles. The standard InChI is InChI=1S/C24H25BrN4O2/c25-20-12-22-18(11-23(20)30)9-17(13-26-22)15-28-5-7-29(8-6-28)19-3-4-21(27-14-19)24(31)10-16-1-2-16/h3-4,9,12-14,16H,1-2,5-8,10-11,15H2. The van der Waals surface area contributed by atoms with E-state index >= 15 is 0 Å². The summed E-state index contributed by atoms with van der Waals surface area (Å²) in [6, 6.07) is 6.02. The first-order valence-electron chi connectivity index (χ1n) is 10.9. The van der Waals surface area contributed by atoms with E-state index in [2.05, 4.69) is 41.8 Å². The Bertz CT molecular complexity index is 1040. The third kappa shape index (κ3) is 4.77. The average molecular weight is 481 g/mol. The van der Waals surface area contributed by atoms with E-state index in [0.29, 0.717) is 28.9 Å². The Morgan fingerprint density at radius 2 is 1.90 bits per heavy atom. The van der Waals surface area contributed by atoms with Crippen molar-refractivity contribution < 1.29 is 9.59 Å². The van der Waals surface area contributed by atoms with Crippen LogP contribution in [0.4, 0.5) is 5.69 Å². The molecule has 0 N–H and O–H groups in total. The lowest BCUT2D eigenvalue weighted by Gasteiger charge is -2.36. The van der Waals surface area contributed by atoms with Gasteiger partial charge < -0.3 is 4.90 Å². The summed E-state index contributed by atoms with van der Waals surface area (Å²) in [6.07, 6.45) is 8.98. The van der Waals surface area contributed by atoms with Gasteiger partial charge in [-0.3, -0.25) is 24.5 Å². The minimum absolute atomic E-state index is 0.105. The lowest BCUT2D eigenvalue weighted by atomic mass is 9.99. The molecule has 3 aliphatic rings. The van der Waals surface area contributed by atoms with E-state index in [0.717, 1.165) is 55.2 Å². The number of fused-ring (bicyclic) bond motifs is 1. The topological polar surface area (TPSA) is 66.4 Å². The number of carbonyl (C=O) groups excluding carboxylic acids is 2. The molecule has 7 heteroatoms. The summed E-state index contributed by atoms with van der Waals surface area (Å²) in [5.41, 5.74) is 4.70. The number of pyridine rings is 2. The van der Waals surface area contributed by atoms with Gasteiger partial charge in [0, 0.05) is 51.8 Å². The van der Waals surface area contributed by atoms with Crippen LogP contribution in [0.3, 0.4) is 0 Å². The van der Waals surface area contributed by atoms with Crippen molar-refractivity contribution >= 4 is 39.3 Å². The number of hydrogen-bond donors (Lipinski definition) is 0. The summed E-state index contributed by atoms with van der Waals surface area (Å²) in [4.78, 5) is 37.9. The molecule has 2 aromatic heterocycles. The molecule has 0 spiro atoms. The summed E-state index contributed by atoms with van der Waals surface area (Å²) in [5, 5.41) is 0. The van der Waals surface area contributed by atoms with Crippen LogP contribution in [0.1, 0.15) is 46.6 Å². The first-order valence-corrected chi connectivity index (χ1v) is 11.7. The number of rotatable bonds is 6. The zero-order valence-electron chi connectivity index (χ0n) is 17.4. The molecule has 0 unspecified atom stereocenters. The van der Waals surface area contributed by atoms with Crippen LogP contribution in [-0.2, 0) is 17.8 Å². The lowest BCUT2D eigenvalue weighted by molar-refractivity contribution is -0.114. The summed E-state index contributed by atoms with van der Waals surface area (Å²) in [7, 11) is 0. The maximum absolute atomic E-state index is 12.2. The number of allylic oxidation sites excluding steroid dienone is 1. The van der Waals surface area contributed by atoms with Crippen LogP contribution in [0.25, 0.3) is 6.08 Å². The molecular formula is C24H25BrN4O2. The van der Waals surface area contributed by atoms with Crippen LogP contribution in [0.15, 0.2) is 35.1 Å². The van der Waals surface area contributed by atoms with Crippen molar-refractivity contribution in [2.45, 2.75) is 32.2 Å². The molecule has 0 amide bonds. The highest BCUT2D eigenvalue weighted by molar-refractivity contribution is 9.12. The van der Waals surface area contributed by atoms with E-state index in [1.165, 1.54) is 12.8 Å². The second-order valence-corrected chi connectivity index (χ2v) is 9.57. The highest BCUT2D eigenvalue weighted by Crippen LogP contribution is 2.33. The Kier molecular flexibility index (Phi) is 5.71. The number of ketones is 2. The molecule has 2 fully saturated rings. The molecule has 0 aromatic carbocycles. The van der Waals surface area contributed by atoms with Gasteiger partial charge >= 0.3 is 0 Å². The van der Waals surface area contributed by atoms with Gasteiger partial charge in [0.2, 0.25) is 0 Å². The van der Waals surface area contributed by atoms with Crippen molar-refractivity contribution in [1.82, 2.24) is 14.9 Å². The Balaban J connectivity index is 1.16. The summed E-state index contributed by atoms with van der Waals surface area (Å²) in [6.45, 7) is 4.57. The van der Waals surface area contributed by atoms with E-state index in [1.54, 1.807) is 0 Å². The van der Waals surface area contributed by atoms with Gasteiger partial charge in [-0.15, -0.1) is 0 Å². The number of nitrogens with zero attached hydrogens (tertiary/aromatic N) is 4. The van der Waals surface area contributed by atoms with Crippen LogP contribution < -0.4 is 4.90 Å². The quantitative estimate of drug-likeness (QED) is 0.587. The molecule has 2 aromatic rings. The molecule has 1 aliphatic heterocycles. The number of aromatic nitrogens is 2. The average Bonchev–Trinajstić information content (AvgIpc) is 3.59. The predicted molar refractivity (Wildman–Crippen MR) is 123 cm³/mol. The summed E-state index contributed by atoms with van der Waals surface area (Å²) in [5.74, 6) is 0.863. The maximum atomic E-state index is 12.2. The van der Waals surface area contributed by atoms with Gasteiger partial charge in [0.05, 0.1) is 22.1 Å². The fourth-order valence-corrected chi connectivity index (χ4v) is 4.59. The van der Waals surface area contributed by atoms with Crippen molar-refractivity contribution in [3.63, 3.8) is 0 Å². The second-order valence-electron chi connectivity index (χ2n) is 8.72. The van der Waals surface area contributed by atoms with E-state index in [-0.39, 0.29) is 11.6 Å². The fourth-order valence-electron chi connectivity index (χ4n) is 4.24. The van der Waals surface area contributed by atoms with Crippen LogP contribution >= 0.6 is 15.9 Å². The monoisotopic (exact) mass is 480 g/mol. The SMILES string of the molecule is O=C1Cc2cc(CN3CCN(c4ccc(C(=O)CC5CC5)nc4)CC3)cnc2C=C1Br. The smallest absolute Gasteiger partial charge is 0.181 e. The van der Waals surface area contributed by atoms with Crippen molar-refractivity contribution in [2.75, 3.05) is 31.1 Å². The number of hydrogen-bond acceptors (Lipinski definition) is 6. The van der Waals surface area contributed by atoms with E-state index in [4.69, 9.17) is 0 Å². The zero-order chi connectivity index (χ0) is 21.4. The van der Waals surface area contributed by atoms with Crippen LogP contribution in [0.5, 0.6) is 0 Å². The molecule has 1 saturated heterocycles. The first-order chi connectivity index (χ1) is 15.0. The van der Waals surface area contributed by atoms with Crippen molar-refractivity contribution in [2.24, 2.45) is 5.92 Å². The van der Waals surface area contributed by atoms with Crippen LogP contribution in [-0.4, -0.2) is 52.6 Å². The normalized spacial score (nSPS) is 19.2. The Morgan fingerprint density at radius 3 is 2.61 bits per heavy atom. The van der Waals surface area contributed by atoms with E-state index < -0.39 is 0 Å². The molecule has 0 bridgehead atoms. The number of piperazine rings is 1. The maximum Gasteiger partial charge on any atom is 0.181 e. The van der Waals surface area contributed by atoms with Crippen LogP contribution in [0, 0.1) is 5.92 Å². The zero-order valence-corrected chi connectivity index (χ0v) is 19.0. The van der Waals surface area contributed by atoms with Crippen molar-refractivity contribution in [1.29, 1.82) is 0 Å². The van der Waals surface area contributed by atoms with Gasteiger partial charge in [-0.25, -0.2) is 0 Å². The summed E-state index contributed by atoms with van der Waals surface area (Å²) < 4.78 is 0.603. The largest absolute Gasteiger partial charge is 0.368 e. The molecule has 0 radical (unpaired) electrons. The third-order valence-electron chi connectivity index (χ3n) is 6.29. The van der Waals surface area contributed by atoms with Gasteiger partial charge in [0.25, 0.3) is 0 Å². The molecule has 1 saturated carbocycles. The number of Topliss-reactive ketones (excluding diaryl/α,β-unsaturated/α-hetero) is 2. The first kappa shape index (κ1) is 20.5. The van der Waals surface area contributed by atoms with Crippen molar-refractivity contribution in [3.8, 4) is 0 Å². The molecule has 5 rings (SSSR count). The fraction of sp³-hybridized carbons (Fsp3) is 0.417. The highest BCUT2D eigenvalue weighted by atomic mass is 79.9. The number of carbonyl (C=O) groups is 2. The molecular weight excluding hydrogens is 456 g/mol. The van der Waals surface area contributed by atoms with Gasteiger partial charge in [-0.05, 0) is 64.0 Å². The highest BCUT2D eigenvalue weighted by Gasteiger charge is 2.26. The lowest BCUT2D eigenvalue weighted by Crippen LogP contribution is -2.46. The predicted octanol–water partition coefficient (Wildman–Crippen LogP) is 3.64. The van der Waals surface area contributed by atoms with E-state index in [9.17, 15) is 9.59 Å². The Morgan fingerprint density at radius 1 is 1.10 bits per heavy atom. The molecule has 31 heavy (non-hydrogen) atoms.